The first-order chi connectivity index (χ1) is 9.70. The average Bonchev–Trinajstić information content (AvgIpc) is 2.35. The topological polar surface area (TPSA) is 49.3 Å². The number of alkyl halides is 3. The smallest absolute Gasteiger partial charge is 0.418 e. The highest BCUT2D eigenvalue weighted by molar-refractivity contribution is 9.10. The van der Waals surface area contributed by atoms with E-state index < -0.39 is 17.7 Å². The van der Waals surface area contributed by atoms with E-state index in [-0.39, 0.29) is 18.0 Å². The number of rotatable bonds is 7. The molecule has 0 aliphatic rings. The van der Waals surface area contributed by atoms with Crippen LogP contribution in [0.1, 0.15) is 31.7 Å². The van der Waals surface area contributed by atoms with Crippen molar-refractivity contribution in [1.82, 2.24) is 0 Å². The number of aliphatic carboxylic acids is 1. The summed E-state index contributed by atoms with van der Waals surface area (Å²) in [6.45, 7) is 2.25. The Bertz CT molecular complexity index is 492. The van der Waals surface area contributed by atoms with Crippen LogP contribution in [0.5, 0.6) is 0 Å². The van der Waals surface area contributed by atoms with Gasteiger partial charge in [-0.25, -0.2) is 0 Å². The highest BCUT2D eigenvalue weighted by Crippen LogP contribution is 2.36. The summed E-state index contributed by atoms with van der Waals surface area (Å²) < 4.78 is 39.1. The minimum Gasteiger partial charge on any atom is -0.481 e. The quantitative estimate of drug-likeness (QED) is 0.729. The van der Waals surface area contributed by atoms with Gasteiger partial charge in [0, 0.05) is 23.1 Å². The lowest BCUT2D eigenvalue weighted by atomic mass is 10.0. The molecule has 1 unspecified atom stereocenters. The monoisotopic (exact) mass is 367 g/mol. The predicted molar refractivity (Wildman–Crippen MR) is 78.3 cm³/mol. The summed E-state index contributed by atoms with van der Waals surface area (Å²) in [5.41, 5.74) is -0.675. The van der Waals surface area contributed by atoms with E-state index >= 15 is 0 Å². The Morgan fingerprint density at radius 3 is 2.62 bits per heavy atom. The van der Waals surface area contributed by atoms with Gasteiger partial charge in [-0.15, -0.1) is 0 Å². The maximum absolute atomic E-state index is 12.9. The SMILES string of the molecule is CC(CCNc1cc(Br)ccc1C(F)(F)F)CCC(=O)O. The molecule has 21 heavy (non-hydrogen) atoms. The van der Waals surface area contributed by atoms with Crippen LogP contribution in [0.2, 0.25) is 0 Å². The second-order valence-corrected chi connectivity index (χ2v) is 5.86. The van der Waals surface area contributed by atoms with Crippen molar-refractivity contribution in [3.63, 3.8) is 0 Å². The van der Waals surface area contributed by atoms with Crippen LogP contribution in [0.25, 0.3) is 0 Å². The van der Waals surface area contributed by atoms with E-state index in [4.69, 9.17) is 5.11 Å². The van der Waals surface area contributed by atoms with E-state index in [1.54, 1.807) is 0 Å². The van der Waals surface area contributed by atoms with Gasteiger partial charge >= 0.3 is 12.1 Å². The van der Waals surface area contributed by atoms with Gasteiger partial charge in [0.25, 0.3) is 0 Å². The summed E-state index contributed by atoms with van der Waals surface area (Å²) in [4.78, 5) is 10.4. The number of nitrogens with one attached hydrogen (secondary N) is 1. The molecule has 0 spiro atoms. The first kappa shape index (κ1) is 17.8. The molecule has 1 aromatic carbocycles. The van der Waals surface area contributed by atoms with Crippen LogP contribution in [0.3, 0.4) is 0 Å². The molecule has 118 valence electrons. The predicted octanol–water partition coefficient (Wildman–Crippen LogP) is 4.77. The second kappa shape index (κ2) is 7.68. The van der Waals surface area contributed by atoms with E-state index in [1.165, 1.54) is 12.1 Å². The molecule has 7 heteroatoms. The molecule has 0 amide bonds. The van der Waals surface area contributed by atoms with Crippen molar-refractivity contribution in [2.24, 2.45) is 5.92 Å². The lowest BCUT2D eigenvalue weighted by Gasteiger charge is -2.16. The standard InChI is InChI=1S/C14H17BrF3NO2/c1-9(2-5-13(20)21)6-7-19-12-8-10(15)3-4-11(12)14(16,17)18/h3-4,8-9,19H,2,5-7H2,1H3,(H,20,21). The largest absolute Gasteiger partial charge is 0.481 e. The van der Waals surface area contributed by atoms with Gasteiger partial charge in [0.2, 0.25) is 0 Å². The molecular weight excluding hydrogens is 351 g/mol. The molecule has 0 radical (unpaired) electrons. The lowest BCUT2D eigenvalue weighted by Crippen LogP contribution is -2.13. The van der Waals surface area contributed by atoms with Gasteiger partial charge in [-0.2, -0.15) is 13.2 Å². The highest BCUT2D eigenvalue weighted by atomic mass is 79.9. The van der Waals surface area contributed by atoms with Gasteiger partial charge in [0.1, 0.15) is 0 Å². The number of hydrogen-bond donors (Lipinski definition) is 2. The van der Waals surface area contributed by atoms with Crippen LogP contribution in [0.15, 0.2) is 22.7 Å². The Labute approximate surface area is 129 Å². The molecule has 0 saturated carbocycles. The Hall–Kier alpha value is -1.24. The summed E-state index contributed by atoms with van der Waals surface area (Å²) in [7, 11) is 0. The molecule has 0 aliphatic carbocycles. The zero-order valence-electron chi connectivity index (χ0n) is 11.5. The van der Waals surface area contributed by atoms with Gasteiger partial charge in [0.15, 0.2) is 0 Å². The molecule has 0 fully saturated rings. The van der Waals surface area contributed by atoms with E-state index in [9.17, 15) is 18.0 Å². The van der Waals surface area contributed by atoms with Crippen LogP contribution >= 0.6 is 15.9 Å². The fourth-order valence-electron chi connectivity index (χ4n) is 1.88. The molecule has 1 rings (SSSR count). The third kappa shape index (κ3) is 6.37. The third-order valence-corrected chi connectivity index (χ3v) is 3.58. The lowest BCUT2D eigenvalue weighted by molar-refractivity contribution is -0.138. The Morgan fingerprint density at radius 2 is 2.05 bits per heavy atom. The zero-order chi connectivity index (χ0) is 16.0. The fourth-order valence-corrected chi connectivity index (χ4v) is 2.24. The van der Waals surface area contributed by atoms with Crippen molar-refractivity contribution in [1.29, 1.82) is 0 Å². The van der Waals surface area contributed by atoms with Crippen molar-refractivity contribution in [2.75, 3.05) is 11.9 Å². The Kier molecular flexibility index (Phi) is 6.51. The van der Waals surface area contributed by atoms with E-state index in [0.29, 0.717) is 23.9 Å². The summed E-state index contributed by atoms with van der Waals surface area (Å²) in [5.74, 6) is -0.726. The van der Waals surface area contributed by atoms with Crippen molar-refractivity contribution < 1.29 is 23.1 Å². The van der Waals surface area contributed by atoms with Gasteiger partial charge in [-0.05, 0) is 37.0 Å². The summed E-state index contributed by atoms with van der Waals surface area (Å²) >= 11 is 3.15. The van der Waals surface area contributed by atoms with E-state index in [0.717, 1.165) is 6.07 Å². The highest BCUT2D eigenvalue weighted by Gasteiger charge is 2.33. The molecule has 0 aromatic heterocycles. The molecular formula is C14H17BrF3NO2. The third-order valence-electron chi connectivity index (χ3n) is 3.09. The first-order valence-corrected chi connectivity index (χ1v) is 7.32. The second-order valence-electron chi connectivity index (χ2n) is 4.94. The van der Waals surface area contributed by atoms with Gasteiger partial charge in [-0.3, -0.25) is 4.79 Å². The van der Waals surface area contributed by atoms with E-state index in [1.807, 2.05) is 6.92 Å². The van der Waals surface area contributed by atoms with Crippen LogP contribution in [-0.4, -0.2) is 17.6 Å². The summed E-state index contributed by atoms with van der Waals surface area (Å²) in [6, 6.07) is 3.77. The Balaban J connectivity index is 2.59. The minimum atomic E-state index is -4.40. The normalized spacial score (nSPS) is 13.0. The van der Waals surface area contributed by atoms with Gasteiger partial charge < -0.3 is 10.4 Å². The molecule has 1 aromatic rings. The van der Waals surface area contributed by atoms with Crippen LogP contribution < -0.4 is 5.32 Å². The first-order valence-electron chi connectivity index (χ1n) is 6.52. The molecule has 0 aliphatic heterocycles. The number of hydrogen-bond acceptors (Lipinski definition) is 2. The van der Waals surface area contributed by atoms with Gasteiger partial charge in [0.05, 0.1) is 5.56 Å². The van der Waals surface area contributed by atoms with Crippen LogP contribution in [-0.2, 0) is 11.0 Å². The fraction of sp³-hybridized carbons (Fsp3) is 0.500. The number of benzene rings is 1. The number of carboxylic acids is 1. The molecule has 2 N–H and O–H groups in total. The molecule has 0 heterocycles. The number of halogens is 4. The molecule has 0 bridgehead atoms. The zero-order valence-corrected chi connectivity index (χ0v) is 13.1. The summed E-state index contributed by atoms with van der Waals surface area (Å²) in [6.07, 6.45) is -3.21. The van der Waals surface area contributed by atoms with E-state index in [2.05, 4.69) is 21.2 Å². The number of carboxylic acid groups (broad SMARTS) is 1. The van der Waals surface area contributed by atoms with Crippen molar-refractivity contribution >= 4 is 27.6 Å². The van der Waals surface area contributed by atoms with Crippen LogP contribution in [0.4, 0.5) is 18.9 Å². The number of anilines is 1. The maximum atomic E-state index is 12.9. The Morgan fingerprint density at radius 1 is 1.38 bits per heavy atom. The van der Waals surface area contributed by atoms with Gasteiger partial charge in [-0.1, -0.05) is 22.9 Å². The van der Waals surface area contributed by atoms with Crippen molar-refractivity contribution in [3.8, 4) is 0 Å². The number of carbonyl (C=O) groups is 1. The molecule has 0 saturated heterocycles. The van der Waals surface area contributed by atoms with Crippen molar-refractivity contribution in [2.45, 2.75) is 32.4 Å². The van der Waals surface area contributed by atoms with Crippen molar-refractivity contribution in [3.05, 3.63) is 28.2 Å². The average molecular weight is 368 g/mol. The minimum absolute atomic E-state index is 0.0299. The molecule has 3 nitrogen and oxygen atoms in total. The maximum Gasteiger partial charge on any atom is 0.418 e. The van der Waals surface area contributed by atoms with Crippen LogP contribution in [0, 0.1) is 5.92 Å². The summed E-state index contributed by atoms with van der Waals surface area (Å²) in [5, 5.41) is 11.4. The molecule has 1 atom stereocenters.